The van der Waals surface area contributed by atoms with E-state index in [9.17, 15) is 0 Å². The summed E-state index contributed by atoms with van der Waals surface area (Å²) < 4.78 is 2.25. The average molecular weight is 194 g/mol. The molecule has 1 fully saturated rings. The van der Waals surface area contributed by atoms with Gasteiger partial charge in [0.1, 0.15) is 11.6 Å². The van der Waals surface area contributed by atoms with Gasteiger partial charge < -0.3 is 9.88 Å². The van der Waals surface area contributed by atoms with E-state index >= 15 is 0 Å². The Hall–Kier alpha value is -0.900. The predicted octanol–water partition coefficient (Wildman–Crippen LogP) is 0.758. The highest BCUT2D eigenvalue weighted by atomic mass is 15.3. The van der Waals surface area contributed by atoms with E-state index in [1.807, 2.05) is 6.92 Å². The fourth-order valence-corrected chi connectivity index (χ4v) is 1.84. The molecule has 4 nitrogen and oxygen atoms in total. The fraction of sp³-hybridized carbons (Fsp3) is 0.800. The minimum absolute atomic E-state index is 0.772. The van der Waals surface area contributed by atoms with E-state index in [4.69, 9.17) is 0 Å². The highest BCUT2D eigenvalue weighted by molar-refractivity contribution is 4.97. The maximum absolute atomic E-state index is 4.24. The van der Waals surface area contributed by atoms with Gasteiger partial charge in [-0.1, -0.05) is 6.92 Å². The van der Waals surface area contributed by atoms with E-state index in [2.05, 4.69) is 27.0 Å². The Morgan fingerprint density at radius 2 is 2.21 bits per heavy atom. The molecule has 0 radical (unpaired) electrons. The van der Waals surface area contributed by atoms with Gasteiger partial charge in [-0.15, -0.1) is 10.2 Å². The maximum atomic E-state index is 4.24. The van der Waals surface area contributed by atoms with Crippen LogP contribution in [-0.4, -0.2) is 27.9 Å². The second-order valence-corrected chi connectivity index (χ2v) is 4.04. The molecule has 78 valence electrons. The summed E-state index contributed by atoms with van der Waals surface area (Å²) in [6.07, 6.45) is 2.22. The van der Waals surface area contributed by atoms with Crippen molar-refractivity contribution in [3.8, 4) is 0 Å². The van der Waals surface area contributed by atoms with Crippen molar-refractivity contribution in [1.82, 2.24) is 20.1 Å². The van der Waals surface area contributed by atoms with Crippen LogP contribution in [0.4, 0.5) is 0 Å². The normalized spacial score (nSPS) is 17.0. The first kappa shape index (κ1) is 9.65. The van der Waals surface area contributed by atoms with Crippen molar-refractivity contribution in [1.29, 1.82) is 0 Å². The minimum atomic E-state index is 0.772. The molecule has 1 aromatic rings. The zero-order valence-corrected chi connectivity index (χ0v) is 8.95. The zero-order valence-electron chi connectivity index (χ0n) is 8.95. The highest BCUT2D eigenvalue weighted by Crippen LogP contribution is 2.12. The molecule has 14 heavy (non-hydrogen) atoms. The summed E-state index contributed by atoms with van der Waals surface area (Å²) in [5.74, 6) is 2.99. The van der Waals surface area contributed by atoms with Gasteiger partial charge in [-0.25, -0.2) is 0 Å². The van der Waals surface area contributed by atoms with E-state index in [0.29, 0.717) is 0 Å². The molecule has 0 spiro atoms. The van der Waals surface area contributed by atoms with Gasteiger partial charge in [0.15, 0.2) is 0 Å². The quantitative estimate of drug-likeness (QED) is 0.769. The molecule has 0 aliphatic carbocycles. The van der Waals surface area contributed by atoms with Crippen molar-refractivity contribution in [3.63, 3.8) is 0 Å². The lowest BCUT2D eigenvalue weighted by molar-refractivity contribution is 0.336. The van der Waals surface area contributed by atoms with Crippen LogP contribution in [0.25, 0.3) is 0 Å². The maximum Gasteiger partial charge on any atom is 0.133 e. The van der Waals surface area contributed by atoms with Crippen molar-refractivity contribution in [2.24, 2.45) is 5.92 Å². The first-order valence-electron chi connectivity index (χ1n) is 5.40. The van der Waals surface area contributed by atoms with Gasteiger partial charge in [-0.2, -0.15) is 0 Å². The summed E-state index contributed by atoms with van der Waals surface area (Å²) >= 11 is 0. The fourth-order valence-electron chi connectivity index (χ4n) is 1.84. The molecule has 1 aliphatic heterocycles. The number of aryl methyl sites for hydroxylation is 1. The Balaban J connectivity index is 2.06. The van der Waals surface area contributed by atoms with Gasteiger partial charge in [-0.3, -0.25) is 0 Å². The Labute approximate surface area is 84.7 Å². The molecule has 1 N–H and O–H groups in total. The molecule has 1 aromatic heterocycles. The van der Waals surface area contributed by atoms with Crippen molar-refractivity contribution < 1.29 is 0 Å². The summed E-state index contributed by atoms with van der Waals surface area (Å²) in [7, 11) is 0. The third-order valence-electron chi connectivity index (χ3n) is 2.80. The summed E-state index contributed by atoms with van der Waals surface area (Å²) in [6, 6.07) is 0. The van der Waals surface area contributed by atoms with Crippen molar-refractivity contribution in [2.75, 3.05) is 13.1 Å². The second kappa shape index (κ2) is 4.09. The molecule has 1 saturated heterocycles. The number of rotatable bonds is 4. The molecule has 0 bridgehead atoms. The lowest BCUT2D eigenvalue weighted by Crippen LogP contribution is -2.43. The van der Waals surface area contributed by atoms with Gasteiger partial charge >= 0.3 is 0 Å². The van der Waals surface area contributed by atoms with E-state index in [0.717, 1.165) is 50.0 Å². The molecule has 0 unspecified atom stereocenters. The van der Waals surface area contributed by atoms with Crippen molar-refractivity contribution in [3.05, 3.63) is 11.6 Å². The van der Waals surface area contributed by atoms with E-state index in [1.54, 1.807) is 0 Å². The third kappa shape index (κ3) is 1.80. The Morgan fingerprint density at radius 3 is 2.79 bits per heavy atom. The number of nitrogens with zero attached hydrogens (tertiary/aromatic N) is 3. The lowest BCUT2D eigenvalue weighted by atomic mass is 9.99. The van der Waals surface area contributed by atoms with Crippen LogP contribution in [0.15, 0.2) is 0 Å². The second-order valence-electron chi connectivity index (χ2n) is 4.04. The van der Waals surface area contributed by atoms with Gasteiger partial charge in [0.05, 0.1) is 0 Å². The van der Waals surface area contributed by atoms with Crippen LogP contribution >= 0.6 is 0 Å². The molecule has 4 heteroatoms. The van der Waals surface area contributed by atoms with Crippen molar-refractivity contribution in [2.45, 2.75) is 33.2 Å². The van der Waals surface area contributed by atoms with Gasteiger partial charge in [0.25, 0.3) is 0 Å². The molecule has 0 amide bonds. The zero-order chi connectivity index (χ0) is 9.97. The predicted molar refractivity (Wildman–Crippen MR) is 55.1 cm³/mol. The van der Waals surface area contributed by atoms with E-state index in [1.165, 1.54) is 0 Å². The molecule has 0 saturated carbocycles. The van der Waals surface area contributed by atoms with Gasteiger partial charge in [0, 0.05) is 13.0 Å². The Bertz CT molecular complexity index is 301. The van der Waals surface area contributed by atoms with Gasteiger partial charge in [0.2, 0.25) is 0 Å². The molecule has 2 heterocycles. The van der Waals surface area contributed by atoms with E-state index < -0.39 is 0 Å². The van der Waals surface area contributed by atoms with Crippen LogP contribution in [0.5, 0.6) is 0 Å². The first-order valence-corrected chi connectivity index (χ1v) is 5.40. The summed E-state index contributed by atoms with van der Waals surface area (Å²) in [5.41, 5.74) is 0. The minimum Gasteiger partial charge on any atom is -0.316 e. The standard InChI is InChI=1S/C10H18N4/c1-3-4-14-8(2)12-13-10(14)5-9-6-11-7-9/h9,11H,3-7H2,1-2H3. The van der Waals surface area contributed by atoms with Crippen LogP contribution in [0.2, 0.25) is 0 Å². The monoisotopic (exact) mass is 194 g/mol. The Morgan fingerprint density at radius 1 is 1.43 bits per heavy atom. The molecular weight excluding hydrogens is 176 g/mol. The molecule has 2 rings (SSSR count). The van der Waals surface area contributed by atoms with Crippen LogP contribution in [0.3, 0.4) is 0 Å². The number of hydrogen-bond donors (Lipinski definition) is 1. The number of hydrogen-bond acceptors (Lipinski definition) is 3. The van der Waals surface area contributed by atoms with Gasteiger partial charge in [-0.05, 0) is 32.4 Å². The number of aromatic nitrogens is 3. The smallest absolute Gasteiger partial charge is 0.133 e. The first-order chi connectivity index (χ1) is 6.81. The summed E-state index contributed by atoms with van der Waals surface area (Å²) in [4.78, 5) is 0. The van der Waals surface area contributed by atoms with Crippen LogP contribution < -0.4 is 5.32 Å². The van der Waals surface area contributed by atoms with Crippen molar-refractivity contribution >= 4 is 0 Å². The highest BCUT2D eigenvalue weighted by Gasteiger charge is 2.20. The molecule has 1 aliphatic rings. The Kier molecular flexibility index (Phi) is 2.82. The third-order valence-corrected chi connectivity index (χ3v) is 2.80. The molecule has 0 aromatic carbocycles. The lowest BCUT2D eigenvalue weighted by Gasteiger charge is -2.26. The topological polar surface area (TPSA) is 42.7 Å². The average Bonchev–Trinajstić information content (AvgIpc) is 2.43. The molecule has 0 atom stereocenters. The molecular formula is C10H18N4. The summed E-state index contributed by atoms with van der Waals surface area (Å²) in [6.45, 7) is 7.55. The van der Waals surface area contributed by atoms with Crippen LogP contribution in [0, 0.1) is 12.8 Å². The largest absolute Gasteiger partial charge is 0.316 e. The van der Waals surface area contributed by atoms with E-state index in [-0.39, 0.29) is 0 Å². The number of nitrogens with one attached hydrogen (secondary N) is 1. The SMILES string of the molecule is CCCn1c(C)nnc1CC1CNC1. The summed E-state index contributed by atoms with van der Waals surface area (Å²) in [5, 5.41) is 11.7. The van der Waals surface area contributed by atoms with Crippen LogP contribution in [-0.2, 0) is 13.0 Å². The van der Waals surface area contributed by atoms with Crippen LogP contribution in [0.1, 0.15) is 25.0 Å².